The smallest absolute Gasteiger partial charge is 0.411 e. The van der Waals surface area contributed by atoms with Crippen LogP contribution in [0.5, 0.6) is 0 Å². The van der Waals surface area contributed by atoms with Crippen LogP contribution in [0.15, 0.2) is 0 Å². The molecule has 0 heterocycles. The van der Waals surface area contributed by atoms with E-state index in [1.807, 2.05) is 0 Å². The van der Waals surface area contributed by atoms with E-state index in [9.17, 15) is 13.2 Å². The van der Waals surface area contributed by atoms with Gasteiger partial charge < -0.3 is 15.3 Å². The van der Waals surface area contributed by atoms with E-state index >= 15 is 0 Å². The molecule has 0 aliphatic carbocycles. The molecule has 5 nitrogen and oxygen atoms in total. The van der Waals surface area contributed by atoms with Gasteiger partial charge in [0.25, 0.3) is 12.9 Å². The average Bonchev–Trinajstić information content (AvgIpc) is 1.90. The molecule has 0 atom stereocenters. The molecule has 0 aromatic carbocycles. The summed E-state index contributed by atoms with van der Waals surface area (Å²) in [5.74, 6) is 0. The first-order valence-corrected chi connectivity index (χ1v) is 2.22. The number of hydrogen-bond acceptors (Lipinski definition) is 3. The lowest BCUT2D eigenvalue weighted by Crippen LogP contribution is -2.12. The summed E-state index contributed by atoms with van der Waals surface area (Å²) in [6, 6.07) is 0. The molecule has 0 spiro atoms. The molecule has 0 aromatic rings. The van der Waals surface area contributed by atoms with E-state index in [-0.39, 0.29) is 12.9 Å². The van der Waals surface area contributed by atoms with Gasteiger partial charge in [0.1, 0.15) is 6.61 Å². The van der Waals surface area contributed by atoms with Crippen molar-refractivity contribution >= 4 is 12.9 Å². The summed E-state index contributed by atoms with van der Waals surface area (Å²) in [5.41, 5.74) is 0. The van der Waals surface area contributed by atoms with E-state index in [0.717, 1.165) is 0 Å². The molecule has 0 radical (unpaired) electrons. The van der Waals surface area contributed by atoms with Crippen LogP contribution >= 0.6 is 0 Å². The normalized spacial score (nSPS) is 8.00. The van der Waals surface area contributed by atoms with Crippen LogP contribution in [-0.2, 0) is 9.59 Å². The minimum absolute atomic E-state index is 0.250. The second kappa shape index (κ2) is 12.4. The Hall–Kier alpha value is -1.31. The van der Waals surface area contributed by atoms with Crippen LogP contribution in [0.3, 0.4) is 0 Å². The largest absolute Gasteiger partial charge is 0.483 e. The highest BCUT2D eigenvalue weighted by Crippen LogP contribution is 2.11. The first-order chi connectivity index (χ1) is 5.39. The van der Waals surface area contributed by atoms with Crippen molar-refractivity contribution in [3.05, 3.63) is 0 Å². The Bertz CT molecular complexity index is 95.4. The van der Waals surface area contributed by atoms with Crippen molar-refractivity contribution in [2.75, 3.05) is 6.61 Å². The van der Waals surface area contributed by atoms with Gasteiger partial charge in [0.05, 0.1) is 0 Å². The van der Waals surface area contributed by atoms with Crippen molar-refractivity contribution in [1.29, 1.82) is 0 Å². The Balaban J connectivity index is -0.000000115. The molecule has 0 rings (SSSR count). The fourth-order valence-electron chi connectivity index (χ4n) is 0. The van der Waals surface area contributed by atoms with Crippen LogP contribution in [0, 0.1) is 0 Å². The highest BCUT2D eigenvalue weighted by atomic mass is 19.4. The first-order valence-electron chi connectivity index (χ1n) is 2.22. The molecule has 12 heavy (non-hydrogen) atoms. The van der Waals surface area contributed by atoms with E-state index in [1.165, 1.54) is 0 Å². The molecule has 0 saturated carbocycles. The number of halogens is 3. The maximum atomic E-state index is 10.5. The highest BCUT2D eigenvalue weighted by molar-refractivity contribution is 5.32. The summed E-state index contributed by atoms with van der Waals surface area (Å²) in [5, 5.41) is 21.1. The molecular formula is C4H7F3O5. The molecule has 0 aromatic heterocycles. The standard InChI is InChI=1S/C2H3F3O.2CH2O2/c3-2(4,5)1-6;2*2-1-3/h6H,1H2;2*1H,(H,2,3). The number of rotatable bonds is 0. The van der Waals surface area contributed by atoms with Gasteiger partial charge in [-0.1, -0.05) is 0 Å². The van der Waals surface area contributed by atoms with Gasteiger partial charge in [-0.15, -0.1) is 0 Å². The number of carbonyl (C=O) groups is 2. The van der Waals surface area contributed by atoms with Gasteiger partial charge in [-0.25, -0.2) is 0 Å². The summed E-state index contributed by atoms with van der Waals surface area (Å²) in [7, 11) is 0. The molecule has 0 fully saturated rings. The van der Waals surface area contributed by atoms with Crippen molar-refractivity contribution < 1.29 is 38.1 Å². The zero-order valence-electron chi connectivity index (χ0n) is 5.65. The lowest BCUT2D eigenvalue weighted by molar-refractivity contribution is -0.159. The topological polar surface area (TPSA) is 94.8 Å². The van der Waals surface area contributed by atoms with Crippen molar-refractivity contribution in [3.63, 3.8) is 0 Å². The highest BCUT2D eigenvalue weighted by Gasteiger charge is 2.24. The predicted octanol–water partition coefficient (Wildman–Crippen LogP) is -0.0574. The quantitative estimate of drug-likeness (QED) is 0.467. The van der Waals surface area contributed by atoms with E-state index < -0.39 is 12.8 Å². The summed E-state index contributed by atoms with van der Waals surface area (Å²) in [6.45, 7) is -2.23. The van der Waals surface area contributed by atoms with Gasteiger partial charge in [0.2, 0.25) is 0 Å². The van der Waals surface area contributed by atoms with Gasteiger partial charge in [-0.3, -0.25) is 9.59 Å². The zero-order valence-corrected chi connectivity index (χ0v) is 5.65. The van der Waals surface area contributed by atoms with Gasteiger partial charge >= 0.3 is 6.18 Å². The number of aliphatic hydroxyl groups is 1. The summed E-state index contributed by atoms with van der Waals surface area (Å²) in [6.07, 6.45) is -4.40. The van der Waals surface area contributed by atoms with Crippen molar-refractivity contribution in [1.82, 2.24) is 0 Å². The van der Waals surface area contributed by atoms with E-state index in [1.54, 1.807) is 0 Å². The second-order valence-electron chi connectivity index (χ2n) is 0.984. The Labute approximate surface area is 65.0 Å². The van der Waals surface area contributed by atoms with Gasteiger partial charge in [-0.05, 0) is 0 Å². The number of aliphatic hydroxyl groups excluding tert-OH is 1. The maximum absolute atomic E-state index is 10.5. The lowest BCUT2D eigenvalue weighted by atomic mass is 10.7. The Morgan fingerprint density at radius 3 is 1.17 bits per heavy atom. The third-order valence-electron chi connectivity index (χ3n) is 0.179. The van der Waals surface area contributed by atoms with E-state index in [0.29, 0.717) is 0 Å². The molecule has 0 aliphatic heterocycles. The van der Waals surface area contributed by atoms with E-state index in [2.05, 4.69) is 0 Å². The molecule has 74 valence electrons. The van der Waals surface area contributed by atoms with Crippen LogP contribution in [0.25, 0.3) is 0 Å². The number of carboxylic acid groups (broad SMARTS) is 2. The van der Waals surface area contributed by atoms with Crippen molar-refractivity contribution in [3.8, 4) is 0 Å². The van der Waals surface area contributed by atoms with Gasteiger partial charge in [0, 0.05) is 0 Å². The predicted molar refractivity (Wildman–Crippen MR) is 30.5 cm³/mol. The molecule has 3 N–H and O–H groups in total. The molecule has 0 bridgehead atoms. The summed E-state index contributed by atoms with van der Waals surface area (Å²) >= 11 is 0. The van der Waals surface area contributed by atoms with Gasteiger partial charge in [-0.2, -0.15) is 13.2 Å². The molecule has 0 aliphatic rings. The molecule has 0 unspecified atom stereocenters. The molecule has 8 heteroatoms. The maximum Gasteiger partial charge on any atom is 0.411 e. The Morgan fingerprint density at radius 1 is 1.08 bits per heavy atom. The fourth-order valence-corrected chi connectivity index (χ4v) is 0. The minimum Gasteiger partial charge on any atom is -0.483 e. The van der Waals surface area contributed by atoms with Crippen LogP contribution < -0.4 is 0 Å². The van der Waals surface area contributed by atoms with Crippen LogP contribution in [-0.4, -0.2) is 41.0 Å². The average molecular weight is 192 g/mol. The SMILES string of the molecule is O=CO.O=CO.OCC(F)(F)F. The number of hydrogen-bond donors (Lipinski definition) is 3. The third kappa shape index (κ3) is 180. The molecule has 0 amide bonds. The van der Waals surface area contributed by atoms with Crippen LogP contribution in [0.4, 0.5) is 13.2 Å². The third-order valence-corrected chi connectivity index (χ3v) is 0.179. The Kier molecular flexibility index (Phi) is 17.5. The number of alkyl halides is 3. The fraction of sp³-hybridized carbons (Fsp3) is 0.500. The minimum atomic E-state index is -4.40. The van der Waals surface area contributed by atoms with Crippen molar-refractivity contribution in [2.24, 2.45) is 0 Å². The van der Waals surface area contributed by atoms with Crippen molar-refractivity contribution in [2.45, 2.75) is 6.18 Å². The Morgan fingerprint density at radius 2 is 1.17 bits per heavy atom. The summed E-state index contributed by atoms with van der Waals surface area (Å²) in [4.78, 5) is 16.7. The molecular weight excluding hydrogens is 185 g/mol. The molecule has 0 saturated heterocycles. The summed E-state index contributed by atoms with van der Waals surface area (Å²) < 4.78 is 31.6. The van der Waals surface area contributed by atoms with Gasteiger partial charge in [0.15, 0.2) is 0 Å². The van der Waals surface area contributed by atoms with Crippen LogP contribution in [0.2, 0.25) is 0 Å². The zero-order chi connectivity index (χ0) is 10.6. The lowest BCUT2D eigenvalue weighted by Gasteiger charge is -1.95. The monoisotopic (exact) mass is 192 g/mol. The first kappa shape index (κ1) is 17.0. The van der Waals surface area contributed by atoms with E-state index in [4.69, 9.17) is 24.9 Å². The second-order valence-corrected chi connectivity index (χ2v) is 0.984. The van der Waals surface area contributed by atoms with Crippen LogP contribution in [0.1, 0.15) is 0 Å².